The van der Waals surface area contributed by atoms with Gasteiger partial charge in [0, 0.05) is 17.2 Å². The molecule has 4 rings (SSSR count). The van der Waals surface area contributed by atoms with Gasteiger partial charge in [0.05, 0.1) is 15.6 Å². The Kier molecular flexibility index (Phi) is 6.35. The highest BCUT2D eigenvalue weighted by molar-refractivity contribution is 6.34. The molecule has 9 heteroatoms. The molecule has 0 aliphatic rings. The Bertz CT molecular complexity index is 1380. The number of hydrogen-bond acceptors (Lipinski definition) is 5. The lowest BCUT2D eigenvalue weighted by molar-refractivity contribution is -0.384. The van der Waals surface area contributed by atoms with Gasteiger partial charge in [-0.25, -0.2) is 4.98 Å². The van der Waals surface area contributed by atoms with Crippen molar-refractivity contribution >= 4 is 51.6 Å². The van der Waals surface area contributed by atoms with Crippen LogP contribution in [0.25, 0.3) is 22.6 Å². The highest BCUT2D eigenvalue weighted by Gasteiger charge is 2.18. The molecule has 1 N–H and O–H groups in total. The van der Waals surface area contributed by atoms with Gasteiger partial charge in [0.15, 0.2) is 5.58 Å². The fraction of sp³-hybridized carbons (Fsp3) is 0.167. The first-order valence-electron chi connectivity index (χ1n) is 10.2. The molecule has 0 saturated carbocycles. The van der Waals surface area contributed by atoms with Gasteiger partial charge in [-0.15, -0.1) is 0 Å². The van der Waals surface area contributed by atoms with Gasteiger partial charge in [0.2, 0.25) is 5.89 Å². The zero-order valence-corrected chi connectivity index (χ0v) is 19.3. The van der Waals surface area contributed by atoms with Gasteiger partial charge in [-0.3, -0.25) is 14.9 Å². The van der Waals surface area contributed by atoms with E-state index in [1.165, 1.54) is 17.7 Å². The number of nitro groups is 1. The van der Waals surface area contributed by atoms with Crippen LogP contribution in [0, 0.1) is 10.1 Å². The van der Waals surface area contributed by atoms with Crippen LogP contribution in [0.15, 0.2) is 59.0 Å². The lowest BCUT2D eigenvalue weighted by Crippen LogP contribution is -2.12. The summed E-state index contributed by atoms with van der Waals surface area (Å²) < 4.78 is 5.91. The van der Waals surface area contributed by atoms with E-state index in [1.54, 1.807) is 18.2 Å². The van der Waals surface area contributed by atoms with E-state index in [0.29, 0.717) is 33.7 Å². The lowest BCUT2D eigenvalue weighted by atomic mass is 9.98. The third-order valence-electron chi connectivity index (χ3n) is 5.46. The molecular formula is C24H19Cl2N3O4. The van der Waals surface area contributed by atoms with E-state index in [2.05, 4.69) is 24.1 Å². The van der Waals surface area contributed by atoms with Crippen LogP contribution in [0.3, 0.4) is 0 Å². The smallest absolute Gasteiger partial charge is 0.288 e. The van der Waals surface area contributed by atoms with E-state index in [-0.39, 0.29) is 16.3 Å². The molecule has 1 amide bonds. The van der Waals surface area contributed by atoms with Crippen molar-refractivity contribution in [3.8, 4) is 11.5 Å². The van der Waals surface area contributed by atoms with Gasteiger partial charge in [-0.2, -0.15) is 0 Å². The third kappa shape index (κ3) is 4.69. The predicted molar refractivity (Wildman–Crippen MR) is 129 cm³/mol. The number of fused-ring (bicyclic) bond motifs is 1. The Morgan fingerprint density at radius 3 is 2.61 bits per heavy atom. The molecule has 33 heavy (non-hydrogen) atoms. The van der Waals surface area contributed by atoms with Gasteiger partial charge >= 0.3 is 0 Å². The van der Waals surface area contributed by atoms with Crippen molar-refractivity contribution in [2.24, 2.45) is 0 Å². The molecular weight excluding hydrogens is 465 g/mol. The first-order valence-corrected chi connectivity index (χ1v) is 11.0. The number of carbonyl (C=O) groups is 1. The molecule has 0 aliphatic heterocycles. The van der Waals surface area contributed by atoms with Gasteiger partial charge in [-0.1, -0.05) is 43.1 Å². The summed E-state index contributed by atoms with van der Waals surface area (Å²) in [5.74, 6) is 0.237. The van der Waals surface area contributed by atoms with Crippen LogP contribution in [-0.4, -0.2) is 15.8 Å². The van der Waals surface area contributed by atoms with Crippen molar-refractivity contribution < 1.29 is 14.1 Å². The minimum Gasteiger partial charge on any atom is -0.436 e. The average molecular weight is 484 g/mol. The van der Waals surface area contributed by atoms with Crippen molar-refractivity contribution in [3.63, 3.8) is 0 Å². The highest BCUT2D eigenvalue weighted by atomic mass is 35.5. The van der Waals surface area contributed by atoms with Crippen molar-refractivity contribution in [3.05, 3.63) is 85.9 Å². The van der Waals surface area contributed by atoms with Crippen molar-refractivity contribution in [2.45, 2.75) is 26.2 Å². The van der Waals surface area contributed by atoms with Crippen molar-refractivity contribution in [2.75, 3.05) is 5.32 Å². The molecule has 0 bridgehead atoms. The summed E-state index contributed by atoms with van der Waals surface area (Å²) in [5.41, 5.74) is 3.26. The van der Waals surface area contributed by atoms with E-state index in [4.69, 9.17) is 27.6 Å². The second kappa shape index (κ2) is 9.21. The number of anilines is 1. The maximum Gasteiger partial charge on any atom is 0.288 e. The van der Waals surface area contributed by atoms with Crippen LogP contribution in [0.2, 0.25) is 10.0 Å². The highest BCUT2D eigenvalue weighted by Crippen LogP contribution is 2.32. The average Bonchev–Trinajstić information content (AvgIpc) is 3.23. The maximum atomic E-state index is 12.7. The molecule has 0 spiro atoms. The fourth-order valence-electron chi connectivity index (χ4n) is 3.35. The molecule has 3 aromatic carbocycles. The Morgan fingerprint density at radius 1 is 1.12 bits per heavy atom. The summed E-state index contributed by atoms with van der Waals surface area (Å²) in [5, 5.41) is 14.0. The van der Waals surface area contributed by atoms with Gasteiger partial charge in [-0.05, 0) is 60.4 Å². The zero-order valence-electron chi connectivity index (χ0n) is 17.8. The molecule has 1 unspecified atom stereocenters. The van der Waals surface area contributed by atoms with Crippen molar-refractivity contribution in [1.82, 2.24) is 4.98 Å². The normalized spacial score (nSPS) is 12.0. The number of hydrogen-bond donors (Lipinski definition) is 1. The van der Waals surface area contributed by atoms with Crippen LogP contribution < -0.4 is 5.32 Å². The molecule has 1 atom stereocenters. The maximum absolute atomic E-state index is 12.7. The van der Waals surface area contributed by atoms with E-state index in [1.807, 2.05) is 18.2 Å². The molecule has 1 aromatic heterocycles. The standard InChI is InChI=1S/C24H19Cl2N3O4/c1-3-13(2)14-6-9-22-20(10-14)28-24(33-22)16-5-7-17(25)19(11-16)27-23(30)15-4-8-18(26)21(12-15)29(31)32/h4-13H,3H2,1-2H3,(H,27,30). The Morgan fingerprint density at radius 2 is 1.88 bits per heavy atom. The molecule has 7 nitrogen and oxygen atoms in total. The summed E-state index contributed by atoms with van der Waals surface area (Å²) in [4.78, 5) is 27.8. The first kappa shape index (κ1) is 22.8. The Balaban J connectivity index is 1.64. The van der Waals surface area contributed by atoms with E-state index >= 15 is 0 Å². The van der Waals surface area contributed by atoms with Gasteiger partial charge < -0.3 is 9.73 Å². The molecule has 0 aliphatic carbocycles. The number of rotatable bonds is 6. The number of halogens is 2. The minimum atomic E-state index is -0.646. The Hall–Kier alpha value is -3.42. The van der Waals surface area contributed by atoms with Crippen LogP contribution >= 0.6 is 23.2 Å². The van der Waals surface area contributed by atoms with E-state index in [9.17, 15) is 14.9 Å². The second-order valence-corrected chi connectivity index (χ2v) is 8.44. The number of aromatic nitrogens is 1. The van der Waals surface area contributed by atoms with Crippen LogP contribution in [0.5, 0.6) is 0 Å². The first-order chi connectivity index (χ1) is 15.8. The summed E-state index contributed by atoms with van der Waals surface area (Å²) in [6.45, 7) is 4.29. The number of nitro benzene ring substituents is 1. The number of nitrogens with zero attached hydrogens (tertiary/aromatic N) is 2. The Labute approximate surface area is 199 Å². The van der Waals surface area contributed by atoms with Crippen LogP contribution in [0.4, 0.5) is 11.4 Å². The second-order valence-electron chi connectivity index (χ2n) is 7.63. The number of nitrogens with one attached hydrogen (secondary N) is 1. The number of carbonyl (C=O) groups excluding carboxylic acids is 1. The zero-order chi connectivity index (χ0) is 23.7. The number of amides is 1. The minimum absolute atomic E-state index is 0.0518. The van der Waals surface area contributed by atoms with Gasteiger partial charge in [0.25, 0.3) is 11.6 Å². The number of benzene rings is 3. The monoisotopic (exact) mass is 483 g/mol. The quantitative estimate of drug-likeness (QED) is 0.226. The summed E-state index contributed by atoms with van der Waals surface area (Å²) in [7, 11) is 0. The topological polar surface area (TPSA) is 98.3 Å². The summed E-state index contributed by atoms with van der Waals surface area (Å²) in [6.07, 6.45) is 1.02. The molecule has 4 aromatic rings. The molecule has 0 radical (unpaired) electrons. The summed E-state index contributed by atoms with van der Waals surface area (Å²) >= 11 is 12.1. The lowest BCUT2D eigenvalue weighted by Gasteiger charge is -2.09. The fourth-order valence-corrected chi connectivity index (χ4v) is 3.70. The number of oxazole rings is 1. The SMILES string of the molecule is CCC(C)c1ccc2oc(-c3ccc(Cl)c(NC(=O)c4ccc(Cl)c([N+](=O)[O-])c4)c3)nc2c1. The van der Waals surface area contributed by atoms with Crippen LogP contribution in [0.1, 0.15) is 42.1 Å². The third-order valence-corrected chi connectivity index (χ3v) is 6.11. The van der Waals surface area contributed by atoms with E-state index < -0.39 is 10.8 Å². The molecule has 1 heterocycles. The summed E-state index contributed by atoms with van der Waals surface area (Å²) in [6, 6.07) is 14.8. The molecule has 0 fully saturated rings. The van der Waals surface area contributed by atoms with Gasteiger partial charge in [0.1, 0.15) is 10.5 Å². The molecule has 0 saturated heterocycles. The predicted octanol–water partition coefficient (Wildman–Crippen LogP) is 7.48. The van der Waals surface area contributed by atoms with Crippen molar-refractivity contribution in [1.29, 1.82) is 0 Å². The molecule has 168 valence electrons. The van der Waals surface area contributed by atoms with E-state index in [0.717, 1.165) is 18.0 Å². The van der Waals surface area contributed by atoms with Crippen LogP contribution in [-0.2, 0) is 0 Å². The largest absolute Gasteiger partial charge is 0.436 e.